The summed E-state index contributed by atoms with van der Waals surface area (Å²) in [7, 11) is 0. The Morgan fingerprint density at radius 1 is 1.39 bits per heavy atom. The molecule has 0 spiro atoms. The Balaban J connectivity index is 1.74. The van der Waals surface area contributed by atoms with E-state index in [0.29, 0.717) is 11.9 Å². The monoisotopic (exact) mass is 245 g/mol. The zero-order chi connectivity index (χ0) is 12.2. The van der Waals surface area contributed by atoms with Crippen molar-refractivity contribution >= 4 is 0 Å². The largest absolute Gasteiger partial charge is 0.379 e. The second kappa shape index (κ2) is 5.29. The standard InChI is InChI=1S/C13H15N3O2/c1-2-10(7-12-8-17-5-4-14-12)6-11(3-1)13-15-9-18-16-13/h1-3,6,9,12,14H,4-5,7-8H2/t12-/m1/s1. The summed E-state index contributed by atoms with van der Waals surface area (Å²) in [5.41, 5.74) is 2.23. The number of rotatable bonds is 3. The maximum absolute atomic E-state index is 5.45. The predicted molar refractivity (Wildman–Crippen MR) is 66.0 cm³/mol. The Bertz CT molecular complexity index is 493. The Kier molecular flexibility index (Phi) is 3.34. The van der Waals surface area contributed by atoms with Crippen LogP contribution in [0.5, 0.6) is 0 Å². The molecular weight excluding hydrogens is 230 g/mol. The number of benzene rings is 1. The minimum Gasteiger partial charge on any atom is -0.379 e. The summed E-state index contributed by atoms with van der Waals surface area (Å²) in [4.78, 5) is 4.06. The van der Waals surface area contributed by atoms with Crippen molar-refractivity contribution in [3.63, 3.8) is 0 Å². The highest BCUT2D eigenvalue weighted by Crippen LogP contribution is 2.17. The van der Waals surface area contributed by atoms with Gasteiger partial charge in [-0.15, -0.1) is 0 Å². The zero-order valence-electron chi connectivity index (χ0n) is 10.0. The van der Waals surface area contributed by atoms with Gasteiger partial charge in [-0.25, -0.2) is 0 Å². The lowest BCUT2D eigenvalue weighted by Crippen LogP contribution is -2.42. The van der Waals surface area contributed by atoms with E-state index in [1.165, 1.54) is 12.0 Å². The SMILES string of the molecule is c1cc(C[C@@H]2COCCN2)cc(-c2ncon2)c1. The molecule has 3 rings (SSSR count). The lowest BCUT2D eigenvalue weighted by atomic mass is 10.0. The van der Waals surface area contributed by atoms with Gasteiger partial charge in [0.1, 0.15) is 0 Å². The van der Waals surface area contributed by atoms with Crippen LogP contribution in [0.25, 0.3) is 11.4 Å². The first-order valence-electron chi connectivity index (χ1n) is 6.08. The van der Waals surface area contributed by atoms with E-state index in [0.717, 1.165) is 31.7 Å². The number of aromatic nitrogens is 2. The van der Waals surface area contributed by atoms with Crippen molar-refractivity contribution in [2.45, 2.75) is 12.5 Å². The van der Waals surface area contributed by atoms with Gasteiger partial charge in [0.2, 0.25) is 12.2 Å². The fraction of sp³-hybridized carbons (Fsp3) is 0.385. The van der Waals surface area contributed by atoms with Crippen molar-refractivity contribution in [2.24, 2.45) is 0 Å². The highest BCUT2D eigenvalue weighted by atomic mass is 16.5. The quantitative estimate of drug-likeness (QED) is 0.882. The second-order valence-electron chi connectivity index (χ2n) is 4.39. The summed E-state index contributed by atoms with van der Waals surface area (Å²) in [6.45, 7) is 2.50. The van der Waals surface area contributed by atoms with Crippen LogP contribution in [0.4, 0.5) is 0 Å². The molecule has 0 amide bonds. The number of morpholine rings is 1. The summed E-state index contributed by atoms with van der Waals surface area (Å²) in [5.74, 6) is 0.629. The molecular formula is C13H15N3O2. The van der Waals surface area contributed by atoms with Crippen LogP contribution in [0, 0.1) is 0 Å². The molecule has 0 unspecified atom stereocenters. The van der Waals surface area contributed by atoms with Crippen molar-refractivity contribution in [1.82, 2.24) is 15.5 Å². The maximum atomic E-state index is 5.45. The van der Waals surface area contributed by atoms with Gasteiger partial charge in [0, 0.05) is 18.2 Å². The van der Waals surface area contributed by atoms with E-state index in [-0.39, 0.29) is 0 Å². The highest BCUT2D eigenvalue weighted by molar-refractivity contribution is 5.55. The fourth-order valence-corrected chi connectivity index (χ4v) is 2.17. The molecule has 1 atom stereocenters. The molecule has 1 aromatic heterocycles. The molecule has 5 nitrogen and oxygen atoms in total. The van der Waals surface area contributed by atoms with Crippen molar-refractivity contribution in [1.29, 1.82) is 0 Å². The summed E-state index contributed by atoms with van der Waals surface area (Å²) < 4.78 is 10.2. The second-order valence-corrected chi connectivity index (χ2v) is 4.39. The van der Waals surface area contributed by atoms with Crippen molar-refractivity contribution in [3.05, 3.63) is 36.2 Å². The van der Waals surface area contributed by atoms with Crippen LogP contribution in [-0.4, -0.2) is 35.9 Å². The highest BCUT2D eigenvalue weighted by Gasteiger charge is 2.14. The Morgan fingerprint density at radius 2 is 2.39 bits per heavy atom. The zero-order valence-corrected chi connectivity index (χ0v) is 10.0. The first-order valence-corrected chi connectivity index (χ1v) is 6.08. The van der Waals surface area contributed by atoms with Gasteiger partial charge >= 0.3 is 0 Å². The van der Waals surface area contributed by atoms with Gasteiger partial charge in [-0.2, -0.15) is 4.98 Å². The molecule has 0 radical (unpaired) electrons. The smallest absolute Gasteiger partial charge is 0.214 e. The molecule has 0 bridgehead atoms. The van der Waals surface area contributed by atoms with Crippen LogP contribution >= 0.6 is 0 Å². The number of hydrogen-bond acceptors (Lipinski definition) is 5. The van der Waals surface area contributed by atoms with Gasteiger partial charge in [-0.05, 0) is 18.1 Å². The average Bonchev–Trinajstić information content (AvgIpc) is 2.94. The third-order valence-electron chi connectivity index (χ3n) is 3.03. The van der Waals surface area contributed by atoms with E-state index in [4.69, 9.17) is 9.26 Å². The predicted octanol–water partition coefficient (Wildman–Crippen LogP) is 1.27. The number of hydrogen-bond donors (Lipinski definition) is 1. The third-order valence-corrected chi connectivity index (χ3v) is 3.03. The lowest BCUT2D eigenvalue weighted by molar-refractivity contribution is 0.0770. The van der Waals surface area contributed by atoms with Gasteiger partial charge in [-0.3, -0.25) is 0 Å². The number of nitrogens with one attached hydrogen (secondary N) is 1. The molecule has 94 valence electrons. The van der Waals surface area contributed by atoms with Crippen molar-refractivity contribution in [2.75, 3.05) is 19.8 Å². The summed E-state index contributed by atoms with van der Waals surface area (Å²) in [6, 6.07) is 8.60. The molecule has 2 heterocycles. The molecule has 1 aliphatic heterocycles. The van der Waals surface area contributed by atoms with E-state index in [1.807, 2.05) is 12.1 Å². The van der Waals surface area contributed by atoms with Gasteiger partial charge in [-0.1, -0.05) is 23.4 Å². The molecule has 2 aromatic rings. The van der Waals surface area contributed by atoms with E-state index in [1.54, 1.807) is 0 Å². The molecule has 18 heavy (non-hydrogen) atoms. The summed E-state index contributed by atoms with van der Waals surface area (Å²) >= 11 is 0. The first-order chi connectivity index (χ1) is 8.92. The average molecular weight is 245 g/mol. The van der Waals surface area contributed by atoms with Gasteiger partial charge in [0.25, 0.3) is 0 Å². The number of ether oxygens (including phenoxy) is 1. The minimum atomic E-state index is 0.388. The lowest BCUT2D eigenvalue weighted by Gasteiger charge is -2.23. The molecule has 1 aromatic carbocycles. The molecule has 1 fully saturated rings. The normalized spacial score (nSPS) is 19.9. The van der Waals surface area contributed by atoms with E-state index >= 15 is 0 Å². The summed E-state index contributed by atoms with van der Waals surface area (Å²) in [5, 5.41) is 7.30. The first kappa shape index (κ1) is 11.4. The Morgan fingerprint density at radius 3 is 3.17 bits per heavy atom. The molecule has 1 saturated heterocycles. The Labute approximate surface area is 105 Å². The van der Waals surface area contributed by atoms with Crippen molar-refractivity contribution < 1.29 is 9.26 Å². The van der Waals surface area contributed by atoms with Crippen LogP contribution in [0.15, 0.2) is 35.2 Å². The van der Waals surface area contributed by atoms with Crippen LogP contribution in [0.3, 0.4) is 0 Å². The molecule has 1 N–H and O–H groups in total. The maximum Gasteiger partial charge on any atom is 0.214 e. The van der Waals surface area contributed by atoms with E-state index < -0.39 is 0 Å². The van der Waals surface area contributed by atoms with E-state index in [9.17, 15) is 0 Å². The number of nitrogens with zero attached hydrogens (tertiary/aromatic N) is 2. The van der Waals surface area contributed by atoms with Crippen molar-refractivity contribution in [3.8, 4) is 11.4 Å². The van der Waals surface area contributed by atoms with Gasteiger partial charge < -0.3 is 14.6 Å². The fourth-order valence-electron chi connectivity index (χ4n) is 2.17. The van der Waals surface area contributed by atoms with Crippen LogP contribution in [-0.2, 0) is 11.2 Å². The Hall–Kier alpha value is -1.72. The van der Waals surface area contributed by atoms with Crippen LogP contribution in [0.1, 0.15) is 5.56 Å². The topological polar surface area (TPSA) is 60.2 Å². The van der Waals surface area contributed by atoms with Crippen LogP contribution in [0.2, 0.25) is 0 Å². The molecule has 1 aliphatic rings. The van der Waals surface area contributed by atoms with Crippen LogP contribution < -0.4 is 5.32 Å². The minimum absolute atomic E-state index is 0.388. The third kappa shape index (κ3) is 2.57. The molecule has 5 heteroatoms. The summed E-state index contributed by atoms with van der Waals surface area (Å²) in [6.07, 6.45) is 2.30. The van der Waals surface area contributed by atoms with Gasteiger partial charge in [0.15, 0.2) is 0 Å². The van der Waals surface area contributed by atoms with E-state index in [2.05, 4.69) is 27.6 Å². The molecule has 0 saturated carbocycles. The van der Waals surface area contributed by atoms with Gasteiger partial charge in [0.05, 0.1) is 13.2 Å². The molecule has 0 aliphatic carbocycles.